The highest BCUT2D eigenvalue weighted by Gasteiger charge is 2.23. The number of hydrogen-bond acceptors (Lipinski definition) is 6. The molecule has 3 aromatic heterocycles. The monoisotopic (exact) mass is 352 g/mol. The molecule has 2 fully saturated rings. The summed E-state index contributed by atoms with van der Waals surface area (Å²) in [4.78, 5) is 7.00. The first-order valence-corrected chi connectivity index (χ1v) is 9.42. The first kappa shape index (κ1) is 15.6. The molecule has 1 saturated carbocycles. The average Bonchev–Trinajstić information content (AvgIpc) is 3.14. The van der Waals surface area contributed by atoms with Crippen molar-refractivity contribution in [1.82, 2.24) is 24.8 Å². The maximum Gasteiger partial charge on any atom is 0.245 e. The fourth-order valence-electron chi connectivity index (χ4n) is 3.53. The molecule has 2 aliphatic rings. The van der Waals surface area contributed by atoms with E-state index < -0.39 is 0 Å². The number of aromatic amines is 1. The van der Waals surface area contributed by atoms with Crippen LogP contribution in [0.5, 0.6) is 0 Å². The van der Waals surface area contributed by atoms with E-state index in [4.69, 9.17) is 10.7 Å². The molecule has 3 aromatic rings. The van der Waals surface area contributed by atoms with Gasteiger partial charge in [0.25, 0.3) is 0 Å². The Balaban J connectivity index is 1.42. The van der Waals surface area contributed by atoms with Gasteiger partial charge in [0.1, 0.15) is 11.3 Å². The number of anilines is 3. The third kappa shape index (κ3) is 3.12. The first-order chi connectivity index (χ1) is 12.7. The van der Waals surface area contributed by atoms with Crippen LogP contribution in [0.3, 0.4) is 0 Å². The van der Waals surface area contributed by atoms with Gasteiger partial charge in [-0.25, -0.2) is 4.52 Å². The van der Waals surface area contributed by atoms with Crippen LogP contribution in [0.15, 0.2) is 24.4 Å². The molecule has 4 N–H and O–H groups in total. The number of rotatable bonds is 5. The Morgan fingerprint density at radius 3 is 2.88 bits per heavy atom. The van der Waals surface area contributed by atoms with E-state index in [0.717, 1.165) is 67.1 Å². The number of aromatic nitrogens is 5. The molecule has 0 aromatic carbocycles. The van der Waals surface area contributed by atoms with Gasteiger partial charge in [-0.05, 0) is 50.2 Å². The molecule has 8 heteroatoms. The van der Waals surface area contributed by atoms with Gasteiger partial charge in [0, 0.05) is 31.4 Å². The molecule has 0 amide bonds. The summed E-state index contributed by atoms with van der Waals surface area (Å²) >= 11 is 0. The highest BCUT2D eigenvalue weighted by atomic mass is 15.4. The number of hydrogen-bond donors (Lipinski definition) is 3. The van der Waals surface area contributed by atoms with Gasteiger partial charge >= 0.3 is 0 Å². The van der Waals surface area contributed by atoms with Crippen LogP contribution in [-0.4, -0.2) is 43.9 Å². The molecule has 0 spiro atoms. The first-order valence-electron chi connectivity index (χ1n) is 9.42. The number of nitrogens with two attached hydrogens (primary N) is 1. The maximum absolute atomic E-state index is 6.03. The molecule has 4 heterocycles. The van der Waals surface area contributed by atoms with E-state index >= 15 is 0 Å². The van der Waals surface area contributed by atoms with Crippen molar-refractivity contribution in [3.8, 4) is 0 Å². The van der Waals surface area contributed by atoms with E-state index in [2.05, 4.69) is 31.6 Å². The number of nitrogens with zero attached hydrogens (tertiary/aromatic N) is 5. The Bertz CT molecular complexity index is 901. The highest BCUT2D eigenvalue weighted by Crippen LogP contribution is 2.32. The summed E-state index contributed by atoms with van der Waals surface area (Å²) in [6.07, 6.45) is 7.61. The molecule has 5 rings (SSSR count). The molecule has 26 heavy (non-hydrogen) atoms. The average molecular weight is 352 g/mol. The lowest BCUT2D eigenvalue weighted by atomic mass is 10.1. The molecule has 0 bridgehead atoms. The van der Waals surface area contributed by atoms with Crippen molar-refractivity contribution in [2.75, 3.05) is 23.3 Å². The summed E-state index contributed by atoms with van der Waals surface area (Å²) in [7, 11) is 0. The Kier molecular flexibility index (Phi) is 3.77. The van der Waals surface area contributed by atoms with Gasteiger partial charge in [-0.2, -0.15) is 10.1 Å². The Labute approximate surface area is 151 Å². The second kappa shape index (κ2) is 6.28. The van der Waals surface area contributed by atoms with Crippen LogP contribution in [0, 0.1) is 5.92 Å². The summed E-state index contributed by atoms with van der Waals surface area (Å²) < 4.78 is 1.88. The normalized spacial score (nSPS) is 18.6. The summed E-state index contributed by atoms with van der Waals surface area (Å²) in [5, 5.41) is 15.6. The van der Waals surface area contributed by atoms with Crippen molar-refractivity contribution in [2.45, 2.75) is 38.1 Å². The second-order valence-corrected chi connectivity index (χ2v) is 7.47. The van der Waals surface area contributed by atoms with Crippen molar-refractivity contribution >= 4 is 23.1 Å². The zero-order valence-corrected chi connectivity index (χ0v) is 14.7. The number of fused-ring (bicyclic) bond motifs is 1. The van der Waals surface area contributed by atoms with Crippen LogP contribution in [0.25, 0.3) is 5.52 Å². The van der Waals surface area contributed by atoms with Crippen molar-refractivity contribution in [2.24, 2.45) is 11.7 Å². The fraction of sp³-hybridized carbons (Fsp3) is 0.500. The minimum absolute atomic E-state index is 0.286. The van der Waals surface area contributed by atoms with Gasteiger partial charge in [0.05, 0.1) is 5.69 Å². The van der Waals surface area contributed by atoms with Crippen LogP contribution in [0.1, 0.15) is 31.4 Å². The summed E-state index contributed by atoms with van der Waals surface area (Å²) in [5.74, 6) is 3.21. The van der Waals surface area contributed by atoms with Crippen LogP contribution in [-0.2, 0) is 6.42 Å². The van der Waals surface area contributed by atoms with Crippen molar-refractivity contribution in [1.29, 1.82) is 0 Å². The van der Waals surface area contributed by atoms with Gasteiger partial charge in [0.2, 0.25) is 5.95 Å². The molecule has 1 aliphatic heterocycles. The van der Waals surface area contributed by atoms with Gasteiger partial charge < -0.3 is 16.0 Å². The minimum atomic E-state index is 0.286. The smallest absolute Gasteiger partial charge is 0.245 e. The van der Waals surface area contributed by atoms with E-state index in [0.29, 0.717) is 0 Å². The van der Waals surface area contributed by atoms with Gasteiger partial charge in [0.15, 0.2) is 5.82 Å². The minimum Gasteiger partial charge on any atom is -0.339 e. The van der Waals surface area contributed by atoms with Crippen molar-refractivity contribution in [3.05, 3.63) is 30.1 Å². The largest absolute Gasteiger partial charge is 0.339 e. The van der Waals surface area contributed by atoms with E-state index in [-0.39, 0.29) is 6.04 Å². The predicted octanol–water partition coefficient (Wildman–Crippen LogP) is 2.08. The SMILES string of the molecule is NC1CCN(c2nc(Nc3cc(CC4CC4)n[nH]3)c3cccn3n2)CC1. The molecular weight excluding hydrogens is 328 g/mol. The lowest BCUT2D eigenvalue weighted by molar-refractivity contribution is 0.493. The van der Waals surface area contributed by atoms with E-state index in [9.17, 15) is 0 Å². The lowest BCUT2D eigenvalue weighted by Gasteiger charge is -2.30. The van der Waals surface area contributed by atoms with E-state index in [1.165, 1.54) is 12.8 Å². The van der Waals surface area contributed by atoms with Gasteiger partial charge in [-0.3, -0.25) is 5.10 Å². The molecule has 8 nitrogen and oxygen atoms in total. The van der Waals surface area contributed by atoms with Crippen LogP contribution in [0.4, 0.5) is 17.6 Å². The number of piperidine rings is 1. The molecule has 136 valence electrons. The summed E-state index contributed by atoms with van der Waals surface area (Å²) in [6, 6.07) is 6.37. The van der Waals surface area contributed by atoms with Crippen molar-refractivity contribution < 1.29 is 0 Å². The quantitative estimate of drug-likeness (QED) is 0.650. The van der Waals surface area contributed by atoms with E-state index in [1.807, 2.05) is 22.8 Å². The Morgan fingerprint density at radius 2 is 2.08 bits per heavy atom. The third-order valence-electron chi connectivity index (χ3n) is 5.28. The zero-order chi connectivity index (χ0) is 17.5. The van der Waals surface area contributed by atoms with Crippen LogP contribution < -0.4 is 16.0 Å². The maximum atomic E-state index is 6.03. The molecule has 0 radical (unpaired) electrons. The molecule has 1 saturated heterocycles. The number of nitrogens with one attached hydrogen (secondary N) is 2. The molecule has 0 atom stereocenters. The van der Waals surface area contributed by atoms with Gasteiger partial charge in [-0.1, -0.05) is 0 Å². The van der Waals surface area contributed by atoms with Crippen LogP contribution >= 0.6 is 0 Å². The Morgan fingerprint density at radius 1 is 1.23 bits per heavy atom. The van der Waals surface area contributed by atoms with E-state index in [1.54, 1.807) is 0 Å². The molecule has 0 unspecified atom stereocenters. The van der Waals surface area contributed by atoms with Gasteiger partial charge in [-0.15, -0.1) is 5.10 Å². The number of H-pyrrole nitrogens is 1. The summed E-state index contributed by atoms with van der Waals surface area (Å²) in [5.41, 5.74) is 8.08. The predicted molar refractivity (Wildman–Crippen MR) is 101 cm³/mol. The fourth-order valence-corrected chi connectivity index (χ4v) is 3.53. The topological polar surface area (TPSA) is 100 Å². The Hall–Kier alpha value is -2.61. The highest BCUT2D eigenvalue weighted by molar-refractivity contribution is 5.73. The lowest BCUT2D eigenvalue weighted by Crippen LogP contribution is -2.40. The summed E-state index contributed by atoms with van der Waals surface area (Å²) in [6.45, 7) is 1.78. The molecule has 1 aliphatic carbocycles. The zero-order valence-electron chi connectivity index (χ0n) is 14.7. The standard InChI is InChI=1S/C18H24N8/c19-13-5-8-25(9-6-13)18-21-17(15-2-1-7-26(15)24-18)20-16-11-14(22-23-16)10-12-3-4-12/h1-2,7,11-13H,3-6,8-10,19H2,(H2,20,21,22,23,24). The second-order valence-electron chi connectivity index (χ2n) is 7.47. The van der Waals surface area contributed by atoms with Crippen LogP contribution in [0.2, 0.25) is 0 Å². The molecular formula is C18H24N8. The van der Waals surface area contributed by atoms with Crippen molar-refractivity contribution in [3.63, 3.8) is 0 Å². The third-order valence-corrected chi connectivity index (χ3v) is 5.28.